The molecule has 0 bridgehead atoms. The number of nitrogens with zero attached hydrogens (tertiary/aromatic N) is 1. The van der Waals surface area contributed by atoms with Crippen LogP contribution in [0, 0.1) is 0 Å². The predicted octanol–water partition coefficient (Wildman–Crippen LogP) is 1.11. The van der Waals surface area contributed by atoms with Gasteiger partial charge in [-0.1, -0.05) is 30.3 Å². The maximum absolute atomic E-state index is 11.9. The van der Waals surface area contributed by atoms with Gasteiger partial charge < -0.3 is 11.1 Å². The molecule has 5 heteroatoms. The lowest BCUT2D eigenvalue weighted by molar-refractivity contribution is -0.122. The zero-order valence-electron chi connectivity index (χ0n) is 12.5. The average molecular weight is 307 g/mol. The molecule has 0 spiro atoms. The first kappa shape index (κ1) is 16.3. The minimum atomic E-state index is -0.415. The smallest absolute Gasteiger partial charge is 0.236 e. The van der Waals surface area contributed by atoms with Gasteiger partial charge in [0, 0.05) is 37.7 Å². The molecule has 1 unspecified atom stereocenters. The summed E-state index contributed by atoms with van der Waals surface area (Å²) in [5.41, 5.74) is 7.18. The Hall–Kier alpha value is -1.04. The van der Waals surface area contributed by atoms with Gasteiger partial charge in [-0.15, -0.1) is 0 Å². The van der Waals surface area contributed by atoms with Crippen molar-refractivity contribution in [2.45, 2.75) is 18.9 Å². The van der Waals surface area contributed by atoms with E-state index in [0.29, 0.717) is 13.0 Å². The van der Waals surface area contributed by atoms with Crippen LogP contribution >= 0.6 is 11.8 Å². The van der Waals surface area contributed by atoms with Crippen molar-refractivity contribution >= 4 is 17.7 Å². The normalized spacial score (nSPS) is 17.4. The van der Waals surface area contributed by atoms with Gasteiger partial charge in [0.25, 0.3) is 0 Å². The summed E-state index contributed by atoms with van der Waals surface area (Å²) >= 11 is 2.00. The van der Waals surface area contributed by atoms with Crippen molar-refractivity contribution in [1.82, 2.24) is 10.2 Å². The van der Waals surface area contributed by atoms with Gasteiger partial charge in [-0.25, -0.2) is 0 Å². The molecule has 1 aromatic carbocycles. The highest BCUT2D eigenvalue weighted by Gasteiger charge is 2.14. The average Bonchev–Trinajstić information content (AvgIpc) is 2.54. The van der Waals surface area contributed by atoms with Crippen molar-refractivity contribution in [1.29, 1.82) is 0 Å². The molecular formula is C16H25N3OS. The van der Waals surface area contributed by atoms with E-state index in [1.807, 2.05) is 30.0 Å². The van der Waals surface area contributed by atoms with E-state index < -0.39 is 6.04 Å². The second-order valence-electron chi connectivity index (χ2n) is 5.38. The number of carbonyl (C=O) groups is 1. The third-order valence-corrected chi connectivity index (χ3v) is 4.70. The first-order valence-electron chi connectivity index (χ1n) is 7.63. The molecule has 1 amide bonds. The van der Waals surface area contributed by atoms with Crippen LogP contribution in [0.3, 0.4) is 0 Å². The van der Waals surface area contributed by atoms with E-state index in [4.69, 9.17) is 5.73 Å². The lowest BCUT2D eigenvalue weighted by Crippen LogP contribution is -2.45. The summed E-state index contributed by atoms with van der Waals surface area (Å²) < 4.78 is 0. The van der Waals surface area contributed by atoms with E-state index in [-0.39, 0.29) is 5.91 Å². The molecule has 1 saturated heterocycles. The van der Waals surface area contributed by atoms with Crippen LogP contribution in [0.1, 0.15) is 12.0 Å². The molecule has 0 radical (unpaired) electrons. The number of aryl methyl sites for hydroxylation is 1. The van der Waals surface area contributed by atoms with Crippen molar-refractivity contribution in [2.75, 3.05) is 37.7 Å². The highest BCUT2D eigenvalue weighted by molar-refractivity contribution is 7.99. The van der Waals surface area contributed by atoms with Gasteiger partial charge in [-0.2, -0.15) is 11.8 Å². The summed E-state index contributed by atoms with van der Waals surface area (Å²) in [6.45, 7) is 3.88. The molecule has 1 aliphatic rings. The first-order valence-corrected chi connectivity index (χ1v) is 8.78. The highest BCUT2D eigenvalue weighted by atomic mass is 32.2. The van der Waals surface area contributed by atoms with Crippen LogP contribution in [-0.4, -0.2) is 54.5 Å². The molecule has 1 aromatic rings. The third kappa shape index (κ3) is 6.08. The SMILES string of the molecule is NC(CCc1ccccc1)C(=O)NCCN1CCSCC1. The summed E-state index contributed by atoms with van der Waals surface area (Å²) in [6.07, 6.45) is 1.54. The molecule has 1 atom stereocenters. The Labute approximate surface area is 131 Å². The van der Waals surface area contributed by atoms with Crippen molar-refractivity contribution in [3.05, 3.63) is 35.9 Å². The van der Waals surface area contributed by atoms with Crippen molar-refractivity contribution in [2.24, 2.45) is 5.73 Å². The first-order chi connectivity index (χ1) is 10.3. The molecule has 4 nitrogen and oxygen atoms in total. The quantitative estimate of drug-likeness (QED) is 0.792. The van der Waals surface area contributed by atoms with E-state index in [1.165, 1.54) is 17.1 Å². The number of rotatable bonds is 7. The van der Waals surface area contributed by atoms with Gasteiger partial charge >= 0.3 is 0 Å². The fourth-order valence-corrected chi connectivity index (χ4v) is 3.37. The van der Waals surface area contributed by atoms with Gasteiger partial charge in [0.2, 0.25) is 5.91 Å². The Bertz CT molecular complexity index is 421. The van der Waals surface area contributed by atoms with Gasteiger partial charge in [-0.05, 0) is 18.4 Å². The fourth-order valence-electron chi connectivity index (χ4n) is 2.39. The van der Waals surface area contributed by atoms with Crippen LogP contribution in [0.15, 0.2) is 30.3 Å². The number of amides is 1. The molecule has 0 aliphatic carbocycles. The summed E-state index contributed by atoms with van der Waals surface area (Å²) in [5.74, 6) is 2.37. The number of carbonyl (C=O) groups excluding carboxylic acids is 1. The lowest BCUT2D eigenvalue weighted by Gasteiger charge is -2.26. The summed E-state index contributed by atoms with van der Waals surface area (Å²) in [5, 5.41) is 2.95. The second kappa shape index (κ2) is 9.07. The lowest BCUT2D eigenvalue weighted by atomic mass is 10.1. The van der Waals surface area contributed by atoms with Gasteiger partial charge in [0.05, 0.1) is 6.04 Å². The predicted molar refractivity (Wildman–Crippen MR) is 89.5 cm³/mol. The molecule has 21 heavy (non-hydrogen) atoms. The largest absolute Gasteiger partial charge is 0.353 e. The molecule has 1 heterocycles. The van der Waals surface area contributed by atoms with Crippen LogP contribution in [0.25, 0.3) is 0 Å². The van der Waals surface area contributed by atoms with Crippen LogP contribution in [0.2, 0.25) is 0 Å². The maximum Gasteiger partial charge on any atom is 0.236 e. The Morgan fingerprint density at radius 3 is 2.71 bits per heavy atom. The number of nitrogens with two attached hydrogens (primary N) is 1. The summed E-state index contributed by atoms with van der Waals surface area (Å²) in [7, 11) is 0. The fraction of sp³-hybridized carbons (Fsp3) is 0.562. The minimum absolute atomic E-state index is 0.0303. The van der Waals surface area contributed by atoms with E-state index in [1.54, 1.807) is 0 Å². The highest BCUT2D eigenvalue weighted by Crippen LogP contribution is 2.08. The van der Waals surface area contributed by atoms with E-state index in [9.17, 15) is 4.79 Å². The third-order valence-electron chi connectivity index (χ3n) is 3.75. The molecular weight excluding hydrogens is 282 g/mol. The number of hydrogen-bond acceptors (Lipinski definition) is 4. The summed E-state index contributed by atoms with van der Waals surface area (Å²) in [6, 6.07) is 9.74. The van der Waals surface area contributed by atoms with E-state index >= 15 is 0 Å². The van der Waals surface area contributed by atoms with E-state index in [2.05, 4.69) is 22.3 Å². The Morgan fingerprint density at radius 2 is 2.00 bits per heavy atom. The number of thioether (sulfide) groups is 1. The zero-order valence-corrected chi connectivity index (χ0v) is 13.3. The molecule has 3 N–H and O–H groups in total. The Kier molecular flexibility index (Phi) is 7.06. The van der Waals surface area contributed by atoms with Crippen LogP contribution in [0.5, 0.6) is 0 Å². The van der Waals surface area contributed by atoms with Crippen LogP contribution < -0.4 is 11.1 Å². The van der Waals surface area contributed by atoms with Crippen LogP contribution in [-0.2, 0) is 11.2 Å². The standard InChI is InChI=1S/C16H25N3OS/c17-15(7-6-14-4-2-1-3-5-14)16(20)18-8-9-19-10-12-21-13-11-19/h1-5,15H,6-13,17H2,(H,18,20). The second-order valence-corrected chi connectivity index (χ2v) is 6.60. The Balaban J connectivity index is 1.60. The summed E-state index contributed by atoms with van der Waals surface area (Å²) in [4.78, 5) is 14.3. The number of benzene rings is 1. The number of hydrogen-bond donors (Lipinski definition) is 2. The molecule has 0 aromatic heterocycles. The molecule has 2 rings (SSSR count). The topological polar surface area (TPSA) is 58.4 Å². The minimum Gasteiger partial charge on any atom is -0.353 e. The van der Waals surface area contributed by atoms with E-state index in [0.717, 1.165) is 26.1 Å². The maximum atomic E-state index is 11.9. The molecule has 116 valence electrons. The van der Waals surface area contributed by atoms with Gasteiger partial charge in [0.1, 0.15) is 0 Å². The zero-order chi connectivity index (χ0) is 14.9. The van der Waals surface area contributed by atoms with Crippen molar-refractivity contribution < 1.29 is 4.79 Å². The molecule has 0 saturated carbocycles. The van der Waals surface area contributed by atoms with Gasteiger partial charge in [0.15, 0.2) is 0 Å². The van der Waals surface area contributed by atoms with Crippen molar-refractivity contribution in [3.8, 4) is 0 Å². The van der Waals surface area contributed by atoms with Crippen molar-refractivity contribution in [3.63, 3.8) is 0 Å². The number of nitrogens with one attached hydrogen (secondary N) is 1. The molecule has 1 fully saturated rings. The van der Waals surface area contributed by atoms with Gasteiger partial charge in [-0.3, -0.25) is 9.69 Å². The monoisotopic (exact) mass is 307 g/mol. The van der Waals surface area contributed by atoms with Crippen LogP contribution in [0.4, 0.5) is 0 Å². The molecule has 1 aliphatic heterocycles. The Morgan fingerprint density at radius 1 is 1.29 bits per heavy atom.